The Balaban J connectivity index is 1.59. The third-order valence-electron chi connectivity index (χ3n) is 5.36. The van der Waals surface area contributed by atoms with Crippen molar-refractivity contribution in [1.29, 1.82) is 0 Å². The monoisotopic (exact) mass is 491 g/mol. The van der Waals surface area contributed by atoms with Crippen LogP contribution in [0.1, 0.15) is 5.56 Å². The Morgan fingerprint density at radius 1 is 0.969 bits per heavy atom. The molecule has 13 heteroatoms. The summed E-state index contributed by atoms with van der Waals surface area (Å²) in [5, 5.41) is 10.4. The number of ether oxygens (including phenoxy) is 2. The van der Waals surface area contributed by atoms with Crippen LogP contribution in [0, 0.1) is 0 Å². The Morgan fingerprint density at radius 3 is 2.12 bits per heavy atom. The lowest BCUT2D eigenvalue weighted by Gasteiger charge is -2.39. The highest BCUT2D eigenvalue weighted by Crippen LogP contribution is 2.36. The Bertz CT molecular complexity index is 739. The van der Waals surface area contributed by atoms with Crippen molar-refractivity contribution in [2.75, 3.05) is 57.4 Å². The van der Waals surface area contributed by atoms with Gasteiger partial charge in [-0.1, -0.05) is 11.6 Å². The molecule has 1 atom stereocenters. The number of anilines is 1. The molecule has 0 aromatic heterocycles. The van der Waals surface area contributed by atoms with E-state index in [1.165, 1.54) is 0 Å². The van der Waals surface area contributed by atoms with Crippen LogP contribution in [-0.2, 0) is 16.0 Å². The summed E-state index contributed by atoms with van der Waals surface area (Å²) >= 11 is 6.16. The summed E-state index contributed by atoms with van der Waals surface area (Å²) in [5.41, 5.74) is 1.96. The summed E-state index contributed by atoms with van der Waals surface area (Å²) in [4.78, 5) is 5.21. The minimum atomic E-state index is -5.68. The van der Waals surface area contributed by atoms with E-state index in [4.69, 9.17) is 16.3 Å². The van der Waals surface area contributed by atoms with Crippen molar-refractivity contribution in [2.45, 2.75) is 31.4 Å². The summed E-state index contributed by atoms with van der Waals surface area (Å²) < 4.78 is 85.3. The Kier molecular flexibility index (Phi) is 8.16. The molecule has 1 unspecified atom stereocenters. The number of halogens is 7. The van der Waals surface area contributed by atoms with Gasteiger partial charge in [-0.3, -0.25) is 9.80 Å². The van der Waals surface area contributed by atoms with Gasteiger partial charge < -0.3 is 19.5 Å². The first-order valence-electron chi connectivity index (χ1n) is 9.99. The molecule has 1 N–H and O–H groups in total. The molecule has 2 heterocycles. The zero-order valence-electron chi connectivity index (χ0n) is 17.0. The molecule has 2 saturated heterocycles. The number of benzene rings is 1. The maximum absolute atomic E-state index is 12.7. The second-order valence-corrected chi connectivity index (χ2v) is 8.05. The van der Waals surface area contributed by atoms with Crippen LogP contribution >= 0.6 is 11.6 Å². The second kappa shape index (κ2) is 10.3. The van der Waals surface area contributed by atoms with E-state index in [-0.39, 0.29) is 13.1 Å². The smallest absolute Gasteiger partial charge is 0.378 e. The van der Waals surface area contributed by atoms with Gasteiger partial charge in [-0.15, -0.1) is 0 Å². The summed E-state index contributed by atoms with van der Waals surface area (Å²) in [6.45, 7) is 3.87. The van der Waals surface area contributed by atoms with Crippen LogP contribution in [0.4, 0.5) is 32.0 Å². The number of aliphatic hydroxyl groups excluding tert-OH is 1. The van der Waals surface area contributed by atoms with Crippen molar-refractivity contribution in [3.63, 3.8) is 0 Å². The van der Waals surface area contributed by atoms with Crippen molar-refractivity contribution in [3.8, 4) is 0 Å². The first kappa shape index (κ1) is 25.3. The molecule has 0 spiro atoms. The van der Waals surface area contributed by atoms with Crippen LogP contribution in [0.25, 0.3) is 0 Å². The van der Waals surface area contributed by atoms with Gasteiger partial charge >= 0.3 is 12.4 Å². The van der Waals surface area contributed by atoms with Gasteiger partial charge in [-0.25, -0.2) is 0 Å². The maximum Gasteiger partial charge on any atom is 0.423 e. The Labute approximate surface area is 186 Å². The van der Waals surface area contributed by atoms with Gasteiger partial charge in [0.05, 0.1) is 13.2 Å². The average molecular weight is 492 g/mol. The van der Waals surface area contributed by atoms with E-state index in [1.807, 2.05) is 17.0 Å². The lowest BCUT2D eigenvalue weighted by atomic mass is 10.1. The number of morpholine rings is 1. The standard InChI is InChI=1S/C19H24ClF6N3O3/c20-14-1-2-15(28-7-9-31-10-8-28)13(11-14)12-27-3-5-29(6-4-27)17(30)32-16(18(21,22)23)19(24,25)26/h1-2,11,16-17,30H,3-10,12H2. The number of piperazine rings is 1. The van der Waals surface area contributed by atoms with E-state index in [9.17, 15) is 31.4 Å². The fourth-order valence-electron chi connectivity index (χ4n) is 3.72. The zero-order valence-corrected chi connectivity index (χ0v) is 17.8. The molecule has 0 aliphatic carbocycles. The molecule has 2 fully saturated rings. The summed E-state index contributed by atoms with van der Waals surface area (Å²) in [6.07, 6.45) is -17.7. The first-order valence-corrected chi connectivity index (χ1v) is 10.4. The predicted molar refractivity (Wildman–Crippen MR) is 104 cm³/mol. The van der Waals surface area contributed by atoms with Crippen LogP contribution in [0.15, 0.2) is 18.2 Å². The SMILES string of the molecule is OC(OC(C(F)(F)F)C(F)(F)F)N1CCN(Cc2cc(Cl)ccc2N2CCOCC2)CC1. The molecule has 1 aromatic rings. The van der Waals surface area contributed by atoms with Crippen LogP contribution in [0.5, 0.6) is 0 Å². The van der Waals surface area contributed by atoms with E-state index in [0.29, 0.717) is 37.9 Å². The van der Waals surface area contributed by atoms with Crippen LogP contribution in [-0.4, -0.2) is 92.3 Å². The molecule has 6 nitrogen and oxygen atoms in total. The van der Waals surface area contributed by atoms with Crippen molar-refractivity contribution in [1.82, 2.24) is 9.80 Å². The van der Waals surface area contributed by atoms with Gasteiger partial charge in [-0.2, -0.15) is 26.3 Å². The highest BCUT2D eigenvalue weighted by atomic mass is 35.5. The quantitative estimate of drug-likeness (QED) is 0.487. The molecular weight excluding hydrogens is 468 g/mol. The molecule has 0 radical (unpaired) electrons. The molecule has 3 rings (SSSR count). The number of rotatable bonds is 6. The lowest BCUT2D eigenvalue weighted by Crippen LogP contribution is -2.55. The first-order chi connectivity index (χ1) is 14.9. The van der Waals surface area contributed by atoms with Gasteiger partial charge in [-0.05, 0) is 23.8 Å². The minimum absolute atomic E-state index is 0.0387. The predicted octanol–water partition coefficient (Wildman–Crippen LogP) is 3.08. The van der Waals surface area contributed by atoms with Crippen LogP contribution in [0.3, 0.4) is 0 Å². The number of hydrogen-bond donors (Lipinski definition) is 1. The molecule has 2 aliphatic heterocycles. The van der Waals surface area contributed by atoms with Crippen molar-refractivity contribution in [3.05, 3.63) is 28.8 Å². The molecule has 0 amide bonds. The largest absolute Gasteiger partial charge is 0.423 e. The second-order valence-electron chi connectivity index (χ2n) is 7.61. The van der Waals surface area contributed by atoms with E-state index in [2.05, 4.69) is 9.64 Å². The van der Waals surface area contributed by atoms with E-state index in [0.717, 1.165) is 29.2 Å². The molecule has 2 aliphatic rings. The number of aliphatic hydroxyl groups is 1. The highest BCUT2D eigenvalue weighted by molar-refractivity contribution is 6.30. The van der Waals surface area contributed by atoms with Gasteiger partial charge in [0.15, 0.2) is 0 Å². The Morgan fingerprint density at radius 2 is 1.56 bits per heavy atom. The van der Waals surface area contributed by atoms with E-state index in [1.54, 1.807) is 6.07 Å². The molecule has 0 saturated carbocycles. The third kappa shape index (κ3) is 6.61. The average Bonchev–Trinajstić information content (AvgIpc) is 2.71. The van der Waals surface area contributed by atoms with E-state index >= 15 is 0 Å². The number of nitrogens with zero attached hydrogens (tertiary/aromatic N) is 3. The molecule has 32 heavy (non-hydrogen) atoms. The van der Waals surface area contributed by atoms with Crippen LogP contribution < -0.4 is 4.90 Å². The molecule has 0 bridgehead atoms. The zero-order chi connectivity index (χ0) is 23.5. The molecule has 1 aromatic carbocycles. The van der Waals surface area contributed by atoms with Gasteiger partial charge in [0.2, 0.25) is 6.41 Å². The fourth-order valence-corrected chi connectivity index (χ4v) is 3.92. The summed E-state index contributed by atoms with van der Waals surface area (Å²) in [6, 6.07) is 5.55. The lowest BCUT2D eigenvalue weighted by molar-refractivity contribution is -0.367. The molecular formula is C19H24ClF6N3O3. The van der Waals surface area contributed by atoms with Crippen LogP contribution in [0.2, 0.25) is 5.02 Å². The molecule has 182 valence electrons. The minimum Gasteiger partial charge on any atom is -0.378 e. The number of hydrogen-bond acceptors (Lipinski definition) is 6. The van der Waals surface area contributed by atoms with Gasteiger partial charge in [0.1, 0.15) is 0 Å². The number of alkyl halides is 6. The normalized spacial score (nSPS) is 20.7. The van der Waals surface area contributed by atoms with Crippen molar-refractivity contribution in [2.24, 2.45) is 0 Å². The van der Waals surface area contributed by atoms with Gasteiger partial charge in [0.25, 0.3) is 6.10 Å². The van der Waals surface area contributed by atoms with Crippen molar-refractivity contribution >= 4 is 17.3 Å². The maximum atomic E-state index is 12.7. The topological polar surface area (TPSA) is 48.4 Å². The van der Waals surface area contributed by atoms with E-state index < -0.39 is 24.9 Å². The highest BCUT2D eigenvalue weighted by Gasteiger charge is 2.59. The van der Waals surface area contributed by atoms with Gasteiger partial charge in [0, 0.05) is 56.5 Å². The Hall–Kier alpha value is -1.31. The summed E-state index contributed by atoms with van der Waals surface area (Å²) in [7, 11) is 0. The summed E-state index contributed by atoms with van der Waals surface area (Å²) in [5.74, 6) is 0. The third-order valence-corrected chi connectivity index (χ3v) is 5.59. The van der Waals surface area contributed by atoms with Crippen molar-refractivity contribution < 1.29 is 40.9 Å². The fraction of sp³-hybridized carbons (Fsp3) is 0.684.